The van der Waals surface area contributed by atoms with E-state index in [1.807, 2.05) is 11.0 Å². The second-order valence-corrected chi connectivity index (χ2v) is 4.41. The Kier molecular flexibility index (Phi) is 2.77. The van der Waals surface area contributed by atoms with Gasteiger partial charge >= 0.3 is 0 Å². The molecule has 1 aliphatic carbocycles. The molecule has 0 radical (unpaired) electrons. The van der Waals surface area contributed by atoms with Crippen LogP contribution in [-0.2, 0) is 4.79 Å². The van der Waals surface area contributed by atoms with E-state index in [1.165, 1.54) is 0 Å². The predicted octanol–water partition coefficient (Wildman–Crippen LogP) is 1.86. The first-order chi connectivity index (χ1) is 7.28. The van der Waals surface area contributed by atoms with Gasteiger partial charge in [0.05, 0.1) is 6.07 Å². The number of amides is 1. The van der Waals surface area contributed by atoms with Crippen LogP contribution in [0.5, 0.6) is 0 Å². The average molecular weight is 204 g/mol. The zero-order valence-electron chi connectivity index (χ0n) is 8.91. The van der Waals surface area contributed by atoms with E-state index in [1.54, 1.807) is 0 Å². The highest BCUT2D eigenvalue weighted by Gasteiger charge is 2.43. The van der Waals surface area contributed by atoms with Crippen molar-refractivity contribution in [3.8, 4) is 6.07 Å². The standard InChI is InChI=1S/C12H16N2O/c13-10-12(6-2-3-7-12)11(15)14-8-4-1-5-9-14/h1,4H,2-3,5-9H2. The quantitative estimate of drug-likeness (QED) is 0.612. The summed E-state index contributed by atoms with van der Waals surface area (Å²) in [5.41, 5.74) is -0.689. The Balaban J connectivity index is 2.12. The number of hydrogen-bond donors (Lipinski definition) is 0. The Hall–Kier alpha value is -1.30. The molecule has 3 nitrogen and oxygen atoms in total. The van der Waals surface area contributed by atoms with Gasteiger partial charge in [0, 0.05) is 13.1 Å². The third-order valence-electron chi connectivity index (χ3n) is 3.43. The largest absolute Gasteiger partial charge is 0.337 e. The number of carbonyl (C=O) groups excluding carboxylic acids is 1. The van der Waals surface area contributed by atoms with E-state index >= 15 is 0 Å². The van der Waals surface area contributed by atoms with Crippen LogP contribution in [0.4, 0.5) is 0 Å². The Labute approximate surface area is 90.4 Å². The summed E-state index contributed by atoms with van der Waals surface area (Å²) in [6.07, 6.45) is 8.57. The number of carbonyl (C=O) groups is 1. The van der Waals surface area contributed by atoms with E-state index in [0.29, 0.717) is 6.54 Å². The van der Waals surface area contributed by atoms with Gasteiger partial charge in [0.15, 0.2) is 0 Å². The van der Waals surface area contributed by atoms with E-state index in [4.69, 9.17) is 0 Å². The molecule has 0 saturated heterocycles. The molecule has 0 atom stereocenters. The summed E-state index contributed by atoms with van der Waals surface area (Å²) >= 11 is 0. The number of nitrogens with zero attached hydrogens (tertiary/aromatic N) is 2. The van der Waals surface area contributed by atoms with Crippen LogP contribution in [0.2, 0.25) is 0 Å². The van der Waals surface area contributed by atoms with Crippen molar-refractivity contribution >= 4 is 5.91 Å². The summed E-state index contributed by atoms with van der Waals surface area (Å²) in [6.45, 7) is 1.46. The van der Waals surface area contributed by atoms with Crippen molar-refractivity contribution in [2.24, 2.45) is 5.41 Å². The molecular formula is C12H16N2O. The topological polar surface area (TPSA) is 44.1 Å². The molecule has 2 rings (SSSR count). The summed E-state index contributed by atoms with van der Waals surface area (Å²) in [6, 6.07) is 2.26. The van der Waals surface area contributed by atoms with Gasteiger partial charge in [-0.05, 0) is 19.3 Å². The lowest BCUT2D eigenvalue weighted by atomic mass is 9.86. The van der Waals surface area contributed by atoms with Gasteiger partial charge in [0.25, 0.3) is 0 Å². The minimum Gasteiger partial charge on any atom is -0.337 e. The molecule has 0 aromatic carbocycles. The zero-order chi connectivity index (χ0) is 10.7. The van der Waals surface area contributed by atoms with Crippen LogP contribution in [0.15, 0.2) is 12.2 Å². The first-order valence-electron chi connectivity index (χ1n) is 5.64. The molecule has 3 heteroatoms. The number of hydrogen-bond acceptors (Lipinski definition) is 2. The Morgan fingerprint density at radius 3 is 2.60 bits per heavy atom. The van der Waals surface area contributed by atoms with Gasteiger partial charge in [-0.15, -0.1) is 0 Å². The molecule has 0 bridgehead atoms. The molecule has 15 heavy (non-hydrogen) atoms. The number of rotatable bonds is 1. The Morgan fingerprint density at radius 1 is 1.33 bits per heavy atom. The van der Waals surface area contributed by atoms with Crippen molar-refractivity contribution in [2.45, 2.75) is 32.1 Å². The van der Waals surface area contributed by atoms with Gasteiger partial charge in [-0.1, -0.05) is 25.0 Å². The third kappa shape index (κ3) is 1.77. The molecule has 2 aliphatic rings. The van der Waals surface area contributed by atoms with Crippen LogP contribution in [-0.4, -0.2) is 23.9 Å². The predicted molar refractivity (Wildman–Crippen MR) is 56.9 cm³/mol. The highest BCUT2D eigenvalue weighted by molar-refractivity contribution is 5.86. The zero-order valence-corrected chi connectivity index (χ0v) is 8.91. The first-order valence-corrected chi connectivity index (χ1v) is 5.64. The van der Waals surface area contributed by atoms with Gasteiger partial charge in [0.2, 0.25) is 5.91 Å². The second kappa shape index (κ2) is 4.06. The van der Waals surface area contributed by atoms with Crippen molar-refractivity contribution in [3.05, 3.63) is 12.2 Å². The van der Waals surface area contributed by atoms with Gasteiger partial charge in [-0.25, -0.2) is 0 Å². The Bertz CT molecular complexity index is 321. The summed E-state index contributed by atoms with van der Waals surface area (Å²) in [5.74, 6) is 0.0619. The van der Waals surface area contributed by atoms with Crippen molar-refractivity contribution in [1.29, 1.82) is 5.26 Å². The Morgan fingerprint density at radius 2 is 2.07 bits per heavy atom. The average Bonchev–Trinajstić information content (AvgIpc) is 2.79. The molecule has 0 aromatic rings. The normalized spacial score (nSPS) is 23.8. The lowest BCUT2D eigenvalue weighted by molar-refractivity contribution is -0.138. The third-order valence-corrected chi connectivity index (χ3v) is 3.43. The lowest BCUT2D eigenvalue weighted by Gasteiger charge is -2.30. The van der Waals surface area contributed by atoms with Crippen molar-refractivity contribution in [2.75, 3.05) is 13.1 Å². The second-order valence-electron chi connectivity index (χ2n) is 4.41. The fourth-order valence-electron chi connectivity index (χ4n) is 2.48. The van der Waals surface area contributed by atoms with E-state index in [2.05, 4.69) is 12.1 Å². The van der Waals surface area contributed by atoms with Crippen molar-refractivity contribution in [1.82, 2.24) is 4.90 Å². The summed E-state index contributed by atoms with van der Waals surface area (Å²) in [7, 11) is 0. The van der Waals surface area contributed by atoms with Gasteiger partial charge in [0.1, 0.15) is 5.41 Å². The SMILES string of the molecule is N#CC1(C(=O)N2CC=CCC2)CCCC1. The molecule has 0 spiro atoms. The fourth-order valence-corrected chi connectivity index (χ4v) is 2.48. The number of nitriles is 1. The van der Waals surface area contributed by atoms with Crippen LogP contribution < -0.4 is 0 Å². The smallest absolute Gasteiger partial charge is 0.243 e. The highest BCUT2D eigenvalue weighted by atomic mass is 16.2. The van der Waals surface area contributed by atoms with Crippen LogP contribution >= 0.6 is 0 Å². The molecule has 1 saturated carbocycles. The minimum absolute atomic E-state index is 0.0619. The minimum atomic E-state index is -0.689. The van der Waals surface area contributed by atoms with Crippen LogP contribution in [0, 0.1) is 16.7 Å². The molecule has 1 aliphatic heterocycles. The maximum Gasteiger partial charge on any atom is 0.243 e. The van der Waals surface area contributed by atoms with Gasteiger partial charge in [-0.2, -0.15) is 5.26 Å². The van der Waals surface area contributed by atoms with Crippen LogP contribution in [0.25, 0.3) is 0 Å². The molecule has 0 N–H and O–H groups in total. The monoisotopic (exact) mass is 204 g/mol. The highest BCUT2D eigenvalue weighted by Crippen LogP contribution is 2.39. The maximum atomic E-state index is 12.2. The molecule has 1 amide bonds. The fraction of sp³-hybridized carbons (Fsp3) is 0.667. The molecule has 0 unspecified atom stereocenters. The lowest BCUT2D eigenvalue weighted by Crippen LogP contribution is -2.43. The summed E-state index contributed by atoms with van der Waals surface area (Å²) in [5, 5.41) is 9.20. The van der Waals surface area contributed by atoms with Crippen LogP contribution in [0.3, 0.4) is 0 Å². The van der Waals surface area contributed by atoms with E-state index in [0.717, 1.165) is 38.6 Å². The summed E-state index contributed by atoms with van der Waals surface area (Å²) in [4.78, 5) is 14.1. The van der Waals surface area contributed by atoms with Crippen molar-refractivity contribution in [3.63, 3.8) is 0 Å². The maximum absolute atomic E-state index is 12.2. The van der Waals surface area contributed by atoms with E-state index < -0.39 is 5.41 Å². The van der Waals surface area contributed by atoms with Gasteiger partial charge in [-0.3, -0.25) is 4.79 Å². The summed E-state index contributed by atoms with van der Waals surface area (Å²) < 4.78 is 0. The molecule has 80 valence electrons. The molecule has 1 fully saturated rings. The molecular weight excluding hydrogens is 188 g/mol. The molecule has 1 heterocycles. The first kappa shape index (κ1) is 10.2. The molecule has 0 aromatic heterocycles. The van der Waals surface area contributed by atoms with Crippen molar-refractivity contribution < 1.29 is 4.79 Å². The van der Waals surface area contributed by atoms with Gasteiger partial charge < -0.3 is 4.90 Å². The van der Waals surface area contributed by atoms with E-state index in [9.17, 15) is 10.1 Å². The van der Waals surface area contributed by atoms with E-state index in [-0.39, 0.29) is 5.91 Å². The van der Waals surface area contributed by atoms with Crippen LogP contribution in [0.1, 0.15) is 32.1 Å².